The van der Waals surface area contributed by atoms with Crippen LogP contribution < -0.4 is 10.1 Å². The topological polar surface area (TPSA) is 58.6 Å². The molecule has 2 aromatic carbocycles. The van der Waals surface area contributed by atoms with Crippen LogP contribution in [0.25, 0.3) is 0 Å². The smallest absolute Gasteiger partial charge is 0.224 e. The lowest BCUT2D eigenvalue weighted by Gasteiger charge is -2.16. The number of hydrogen-bond acceptors (Lipinski definition) is 3. The second-order valence-electron chi connectivity index (χ2n) is 5.88. The van der Waals surface area contributed by atoms with Gasteiger partial charge in [0, 0.05) is 5.92 Å². The average molecular weight is 311 g/mol. The molecule has 2 aromatic rings. The quantitative estimate of drug-likeness (QED) is 0.862. The van der Waals surface area contributed by atoms with Crippen molar-refractivity contribution in [1.82, 2.24) is 5.32 Å². The molecule has 1 saturated carbocycles. The first kappa shape index (κ1) is 15.6. The molecule has 0 bridgehead atoms. The van der Waals surface area contributed by atoms with E-state index in [1.54, 1.807) is 7.11 Å². The van der Waals surface area contributed by atoms with Crippen LogP contribution in [0.3, 0.4) is 0 Å². The molecule has 0 aromatic heterocycles. The predicted molar refractivity (Wildman–Crippen MR) is 88.3 cm³/mol. The summed E-state index contributed by atoms with van der Waals surface area (Å²) in [6, 6.07) is 17.1. The van der Waals surface area contributed by atoms with Gasteiger partial charge in [0.2, 0.25) is 5.91 Å². The maximum Gasteiger partial charge on any atom is 0.224 e. The zero-order valence-electron chi connectivity index (χ0n) is 13.1. The van der Waals surface area contributed by atoms with Crippen molar-refractivity contribution in [1.29, 1.82) is 0 Å². The first-order valence-electron chi connectivity index (χ1n) is 7.83. The molecule has 3 atom stereocenters. The van der Waals surface area contributed by atoms with Crippen LogP contribution in [0.5, 0.6) is 5.75 Å². The minimum absolute atomic E-state index is 0.00808. The van der Waals surface area contributed by atoms with E-state index in [0.717, 1.165) is 23.3 Å². The molecule has 0 heterocycles. The van der Waals surface area contributed by atoms with Crippen LogP contribution in [0.1, 0.15) is 29.5 Å². The van der Waals surface area contributed by atoms with Gasteiger partial charge in [-0.05, 0) is 35.6 Å². The normalized spacial score (nSPS) is 20.6. The molecule has 0 spiro atoms. The summed E-state index contributed by atoms with van der Waals surface area (Å²) >= 11 is 0. The zero-order valence-corrected chi connectivity index (χ0v) is 13.1. The van der Waals surface area contributed by atoms with E-state index < -0.39 is 0 Å². The van der Waals surface area contributed by atoms with Crippen LogP contribution in [0.2, 0.25) is 0 Å². The summed E-state index contributed by atoms with van der Waals surface area (Å²) in [4.78, 5) is 12.4. The van der Waals surface area contributed by atoms with Gasteiger partial charge in [0.15, 0.2) is 0 Å². The van der Waals surface area contributed by atoms with Crippen molar-refractivity contribution in [2.24, 2.45) is 5.92 Å². The summed E-state index contributed by atoms with van der Waals surface area (Å²) in [7, 11) is 1.64. The zero-order chi connectivity index (χ0) is 16.2. The number of rotatable bonds is 6. The van der Waals surface area contributed by atoms with Crippen LogP contribution >= 0.6 is 0 Å². The fourth-order valence-corrected chi connectivity index (χ4v) is 2.90. The van der Waals surface area contributed by atoms with E-state index >= 15 is 0 Å². The second kappa shape index (κ2) is 6.84. The molecule has 1 amide bonds. The summed E-state index contributed by atoms with van der Waals surface area (Å²) in [6.07, 6.45) is 0.852. The van der Waals surface area contributed by atoms with Crippen LogP contribution in [0.15, 0.2) is 54.6 Å². The molecule has 4 heteroatoms. The Bertz CT molecular complexity index is 654. The van der Waals surface area contributed by atoms with E-state index in [2.05, 4.69) is 5.32 Å². The summed E-state index contributed by atoms with van der Waals surface area (Å²) < 4.78 is 5.15. The van der Waals surface area contributed by atoms with Crippen molar-refractivity contribution < 1.29 is 14.6 Å². The van der Waals surface area contributed by atoms with Gasteiger partial charge in [0.1, 0.15) is 5.75 Å². The number of carbonyl (C=O) groups excluding carboxylic acids is 1. The highest BCUT2D eigenvalue weighted by molar-refractivity contribution is 5.83. The van der Waals surface area contributed by atoms with Gasteiger partial charge in [-0.15, -0.1) is 0 Å². The summed E-state index contributed by atoms with van der Waals surface area (Å²) in [5.41, 5.74) is 2.08. The first-order chi connectivity index (χ1) is 11.2. The maximum atomic E-state index is 12.4. The van der Waals surface area contributed by atoms with Gasteiger partial charge < -0.3 is 15.2 Å². The monoisotopic (exact) mass is 311 g/mol. The SMILES string of the molecule is COc1ccc([C@H]2CC2C(=O)NC(CO)c2ccccc2)cc1. The highest BCUT2D eigenvalue weighted by Crippen LogP contribution is 2.48. The van der Waals surface area contributed by atoms with Gasteiger partial charge in [0.25, 0.3) is 0 Å². The van der Waals surface area contributed by atoms with E-state index in [1.807, 2.05) is 54.6 Å². The molecule has 0 aliphatic heterocycles. The lowest BCUT2D eigenvalue weighted by Crippen LogP contribution is -2.32. The van der Waals surface area contributed by atoms with Gasteiger partial charge in [-0.2, -0.15) is 0 Å². The third-order valence-electron chi connectivity index (χ3n) is 4.37. The maximum absolute atomic E-state index is 12.4. The Morgan fingerprint density at radius 2 is 1.91 bits per heavy atom. The van der Waals surface area contributed by atoms with E-state index in [-0.39, 0.29) is 30.4 Å². The molecule has 1 aliphatic rings. The van der Waals surface area contributed by atoms with E-state index in [9.17, 15) is 9.90 Å². The highest BCUT2D eigenvalue weighted by atomic mass is 16.5. The molecule has 4 nitrogen and oxygen atoms in total. The average Bonchev–Trinajstić information content (AvgIpc) is 3.41. The Morgan fingerprint density at radius 1 is 1.22 bits per heavy atom. The summed E-state index contributed by atoms with van der Waals surface area (Å²) in [5, 5.41) is 12.5. The van der Waals surface area contributed by atoms with Gasteiger partial charge in [0.05, 0.1) is 19.8 Å². The predicted octanol–water partition coefficient (Wildman–Crippen LogP) is 2.65. The Hall–Kier alpha value is -2.33. The van der Waals surface area contributed by atoms with Crippen LogP contribution in [0, 0.1) is 5.92 Å². The minimum Gasteiger partial charge on any atom is -0.497 e. The van der Waals surface area contributed by atoms with Gasteiger partial charge in [-0.25, -0.2) is 0 Å². The molecule has 0 saturated heterocycles. The fraction of sp³-hybridized carbons (Fsp3) is 0.316. The molecular formula is C19H21NO3. The molecule has 3 rings (SSSR count). The van der Waals surface area contributed by atoms with Crippen molar-refractivity contribution in [3.63, 3.8) is 0 Å². The third-order valence-corrected chi connectivity index (χ3v) is 4.37. The lowest BCUT2D eigenvalue weighted by atomic mass is 10.1. The minimum atomic E-state index is -0.346. The number of nitrogens with one attached hydrogen (secondary N) is 1. The lowest BCUT2D eigenvalue weighted by molar-refractivity contribution is -0.123. The Morgan fingerprint density at radius 3 is 2.52 bits per heavy atom. The standard InChI is InChI=1S/C19H21NO3/c1-23-15-9-7-13(8-10-15)16-11-17(16)19(22)20-18(12-21)14-5-3-2-4-6-14/h2-10,16-18,21H,11-12H2,1H3,(H,20,22)/t16-,17?,18?/m1/s1. The van der Waals surface area contributed by atoms with Gasteiger partial charge >= 0.3 is 0 Å². The van der Waals surface area contributed by atoms with E-state index in [0.29, 0.717) is 0 Å². The number of carbonyl (C=O) groups is 1. The molecular weight excluding hydrogens is 290 g/mol. The second-order valence-corrected chi connectivity index (χ2v) is 5.88. The van der Waals surface area contributed by atoms with Crippen molar-refractivity contribution in [2.75, 3.05) is 13.7 Å². The summed E-state index contributed by atoms with van der Waals surface area (Å²) in [5.74, 6) is 1.07. The van der Waals surface area contributed by atoms with Crippen molar-refractivity contribution >= 4 is 5.91 Å². The molecule has 0 radical (unpaired) electrons. The number of aliphatic hydroxyl groups excluding tert-OH is 1. The number of hydrogen-bond donors (Lipinski definition) is 2. The number of benzene rings is 2. The molecule has 2 N–H and O–H groups in total. The Kier molecular flexibility index (Phi) is 4.63. The molecule has 1 fully saturated rings. The fourth-order valence-electron chi connectivity index (χ4n) is 2.90. The molecule has 1 aliphatic carbocycles. The third kappa shape index (κ3) is 3.54. The Labute approximate surface area is 136 Å². The van der Waals surface area contributed by atoms with E-state index in [1.165, 1.54) is 0 Å². The van der Waals surface area contributed by atoms with Crippen LogP contribution in [-0.2, 0) is 4.79 Å². The number of ether oxygens (including phenoxy) is 1. The number of methoxy groups -OCH3 is 1. The molecule has 2 unspecified atom stereocenters. The van der Waals surface area contributed by atoms with Crippen molar-refractivity contribution in [3.8, 4) is 5.75 Å². The molecule has 120 valence electrons. The van der Waals surface area contributed by atoms with Gasteiger partial charge in [-0.3, -0.25) is 4.79 Å². The summed E-state index contributed by atoms with van der Waals surface area (Å²) in [6.45, 7) is -0.102. The van der Waals surface area contributed by atoms with E-state index in [4.69, 9.17) is 4.74 Å². The number of amides is 1. The Balaban J connectivity index is 1.61. The van der Waals surface area contributed by atoms with Crippen LogP contribution in [0.4, 0.5) is 0 Å². The first-order valence-corrected chi connectivity index (χ1v) is 7.83. The van der Waals surface area contributed by atoms with Crippen LogP contribution in [-0.4, -0.2) is 24.7 Å². The highest BCUT2D eigenvalue weighted by Gasteiger charge is 2.44. The number of aliphatic hydroxyl groups is 1. The molecule has 23 heavy (non-hydrogen) atoms. The van der Waals surface area contributed by atoms with Gasteiger partial charge in [-0.1, -0.05) is 42.5 Å². The van der Waals surface area contributed by atoms with Crippen molar-refractivity contribution in [2.45, 2.75) is 18.4 Å². The largest absolute Gasteiger partial charge is 0.497 e. The van der Waals surface area contributed by atoms with Crippen molar-refractivity contribution in [3.05, 3.63) is 65.7 Å².